The molecular weight excluding hydrogens is 217 g/mol. The van der Waals surface area contributed by atoms with Gasteiger partial charge in [-0.3, -0.25) is 0 Å². The Labute approximate surface area is 94.2 Å². The van der Waals surface area contributed by atoms with Crippen LogP contribution in [0.3, 0.4) is 0 Å². The van der Waals surface area contributed by atoms with E-state index in [1.807, 2.05) is 18.2 Å². The molecule has 0 aliphatic heterocycles. The van der Waals surface area contributed by atoms with Crippen LogP contribution in [0.25, 0.3) is 0 Å². The Balaban J connectivity index is 2.29. The van der Waals surface area contributed by atoms with Crippen molar-refractivity contribution in [3.63, 3.8) is 0 Å². The van der Waals surface area contributed by atoms with E-state index in [0.29, 0.717) is 10.0 Å². The van der Waals surface area contributed by atoms with Gasteiger partial charge in [0.15, 0.2) is 0 Å². The molecule has 0 radical (unpaired) electrons. The van der Waals surface area contributed by atoms with Crippen molar-refractivity contribution in [2.24, 2.45) is 11.7 Å². The number of rotatable bonds is 1. The molecule has 0 unspecified atom stereocenters. The SMILES string of the molecule is CC1CC(N)(c2ccc(Cl)c(Cl)c2)C1. The van der Waals surface area contributed by atoms with Crippen LogP contribution < -0.4 is 5.73 Å². The highest BCUT2D eigenvalue weighted by molar-refractivity contribution is 6.42. The van der Waals surface area contributed by atoms with Crippen molar-refractivity contribution < 1.29 is 0 Å². The summed E-state index contributed by atoms with van der Waals surface area (Å²) in [4.78, 5) is 0. The summed E-state index contributed by atoms with van der Waals surface area (Å²) in [5, 5.41) is 1.18. The Morgan fingerprint density at radius 3 is 2.43 bits per heavy atom. The Kier molecular flexibility index (Phi) is 2.50. The Hall–Kier alpha value is -0.240. The first kappa shape index (κ1) is 10.3. The second-order valence-corrected chi connectivity index (χ2v) is 5.11. The highest BCUT2D eigenvalue weighted by Gasteiger charge is 2.39. The van der Waals surface area contributed by atoms with Crippen molar-refractivity contribution >= 4 is 23.2 Å². The fourth-order valence-corrected chi connectivity index (χ4v) is 2.52. The van der Waals surface area contributed by atoms with Crippen LogP contribution in [0.15, 0.2) is 18.2 Å². The second kappa shape index (κ2) is 3.41. The number of nitrogens with two attached hydrogens (primary N) is 1. The minimum absolute atomic E-state index is 0.173. The maximum atomic E-state index is 6.23. The van der Waals surface area contributed by atoms with Gasteiger partial charge in [-0.2, -0.15) is 0 Å². The maximum absolute atomic E-state index is 6.23. The highest BCUT2D eigenvalue weighted by atomic mass is 35.5. The topological polar surface area (TPSA) is 26.0 Å². The lowest BCUT2D eigenvalue weighted by Crippen LogP contribution is -2.47. The van der Waals surface area contributed by atoms with Crippen LogP contribution in [0, 0.1) is 5.92 Å². The monoisotopic (exact) mass is 229 g/mol. The maximum Gasteiger partial charge on any atom is 0.0595 e. The van der Waals surface area contributed by atoms with Gasteiger partial charge in [0.1, 0.15) is 0 Å². The third-order valence-corrected chi connectivity index (χ3v) is 3.66. The Morgan fingerprint density at radius 2 is 1.93 bits per heavy atom. The van der Waals surface area contributed by atoms with Crippen molar-refractivity contribution in [2.45, 2.75) is 25.3 Å². The van der Waals surface area contributed by atoms with Gasteiger partial charge in [-0.05, 0) is 36.5 Å². The zero-order chi connectivity index (χ0) is 10.3. The predicted molar refractivity (Wildman–Crippen MR) is 60.7 cm³/mol. The van der Waals surface area contributed by atoms with Gasteiger partial charge in [0.2, 0.25) is 0 Å². The fourth-order valence-electron chi connectivity index (χ4n) is 2.23. The van der Waals surface area contributed by atoms with E-state index in [4.69, 9.17) is 28.9 Å². The molecule has 1 aromatic carbocycles. The molecule has 1 aliphatic rings. The van der Waals surface area contributed by atoms with Gasteiger partial charge < -0.3 is 5.73 Å². The lowest BCUT2D eigenvalue weighted by molar-refractivity contribution is 0.164. The molecule has 0 heterocycles. The van der Waals surface area contributed by atoms with Crippen molar-refractivity contribution in [3.05, 3.63) is 33.8 Å². The van der Waals surface area contributed by atoms with E-state index in [-0.39, 0.29) is 5.54 Å². The average molecular weight is 230 g/mol. The first-order valence-corrected chi connectivity index (χ1v) is 5.51. The van der Waals surface area contributed by atoms with Crippen LogP contribution in [-0.2, 0) is 5.54 Å². The zero-order valence-electron chi connectivity index (χ0n) is 8.06. The third kappa shape index (κ3) is 1.65. The summed E-state index contributed by atoms with van der Waals surface area (Å²) in [7, 11) is 0. The van der Waals surface area contributed by atoms with Gasteiger partial charge in [0.25, 0.3) is 0 Å². The van der Waals surface area contributed by atoms with E-state index in [1.165, 1.54) is 0 Å². The summed E-state index contributed by atoms with van der Waals surface area (Å²) in [5.41, 5.74) is 7.16. The zero-order valence-corrected chi connectivity index (χ0v) is 9.57. The molecule has 0 amide bonds. The first-order chi connectivity index (χ1) is 6.51. The minimum atomic E-state index is -0.173. The molecule has 2 rings (SSSR count). The van der Waals surface area contributed by atoms with Gasteiger partial charge in [0, 0.05) is 5.54 Å². The summed E-state index contributed by atoms with van der Waals surface area (Å²) >= 11 is 11.8. The molecule has 1 nitrogen and oxygen atoms in total. The van der Waals surface area contributed by atoms with Crippen LogP contribution in [-0.4, -0.2) is 0 Å². The van der Waals surface area contributed by atoms with Crippen molar-refractivity contribution in [3.8, 4) is 0 Å². The molecule has 0 spiro atoms. The van der Waals surface area contributed by atoms with Crippen LogP contribution in [0.1, 0.15) is 25.3 Å². The van der Waals surface area contributed by atoms with Crippen molar-refractivity contribution in [1.82, 2.24) is 0 Å². The second-order valence-electron chi connectivity index (χ2n) is 4.30. The number of halogens is 2. The van der Waals surface area contributed by atoms with E-state index >= 15 is 0 Å². The van der Waals surface area contributed by atoms with Crippen LogP contribution in [0.5, 0.6) is 0 Å². The van der Waals surface area contributed by atoms with Gasteiger partial charge in [-0.15, -0.1) is 0 Å². The van der Waals surface area contributed by atoms with Gasteiger partial charge in [-0.1, -0.05) is 36.2 Å². The van der Waals surface area contributed by atoms with Crippen molar-refractivity contribution in [1.29, 1.82) is 0 Å². The molecule has 0 atom stereocenters. The number of hydrogen-bond acceptors (Lipinski definition) is 1. The normalized spacial score (nSPS) is 31.3. The summed E-state index contributed by atoms with van der Waals surface area (Å²) in [6.07, 6.45) is 2.07. The van der Waals surface area contributed by atoms with E-state index in [9.17, 15) is 0 Å². The summed E-state index contributed by atoms with van der Waals surface area (Å²) < 4.78 is 0. The van der Waals surface area contributed by atoms with E-state index in [0.717, 1.165) is 24.3 Å². The molecule has 1 fully saturated rings. The van der Waals surface area contributed by atoms with Gasteiger partial charge >= 0.3 is 0 Å². The molecule has 14 heavy (non-hydrogen) atoms. The quantitative estimate of drug-likeness (QED) is 0.783. The number of hydrogen-bond donors (Lipinski definition) is 1. The summed E-state index contributed by atoms with van der Waals surface area (Å²) in [6.45, 7) is 2.21. The molecule has 1 saturated carbocycles. The lowest BCUT2D eigenvalue weighted by atomic mass is 9.66. The molecule has 2 N–H and O–H groups in total. The first-order valence-electron chi connectivity index (χ1n) is 4.76. The minimum Gasteiger partial charge on any atom is -0.321 e. The lowest BCUT2D eigenvalue weighted by Gasteiger charge is -2.44. The molecule has 3 heteroatoms. The molecule has 1 aliphatic carbocycles. The fraction of sp³-hybridized carbons (Fsp3) is 0.455. The van der Waals surface area contributed by atoms with Crippen LogP contribution in [0.2, 0.25) is 10.0 Å². The van der Waals surface area contributed by atoms with Gasteiger partial charge in [0.05, 0.1) is 10.0 Å². The van der Waals surface area contributed by atoms with Crippen molar-refractivity contribution in [2.75, 3.05) is 0 Å². The molecule has 0 aromatic heterocycles. The molecule has 0 saturated heterocycles. The Bertz CT molecular complexity index is 356. The number of benzene rings is 1. The smallest absolute Gasteiger partial charge is 0.0595 e. The summed E-state index contributed by atoms with van der Waals surface area (Å²) in [5.74, 6) is 0.717. The molecule has 0 bridgehead atoms. The summed E-state index contributed by atoms with van der Waals surface area (Å²) in [6, 6.07) is 5.67. The standard InChI is InChI=1S/C11H13Cl2N/c1-7-5-11(14,6-7)8-2-3-9(12)10(13)4-8/h2-4,7H,5-6,14H2,1H3. The molecule has 1 aromatic rings. The third-order valence-electron chi connectivity index (χ3n) is 2.92. The van der Waals surface area contributed by atoms with Crippen LogP contribution in [0.4, 0.5) is 0 Å². The molecular formula is C11H13Cl2N. The predicted octanol–water partition coefficient (Wildman–Crippen LogP) is 3.58. The largest absolute Gasteiger partial charge is 0.321 e. The average Bonchev–Trinajstić information content (AvgIpc) is 2.07. The van der Waals surface area contributed by atoms with E-state index < -0.39 is 0 Å². The highest BCUT2D eigenvalue weighted by Crippen LogP contribution is 2.44. The van der Waals surface area contributed by atoms with E-state index in [2.05, 4.69) is 6.92 Å². The van der Waals surface area contributed by atoms with Gasteiger partial charge in [-0.25, -0.2) is 0 Å². The molecule has 76 valence electrons. The van der Waals surface area contributed by atoms with Crippen LogP contribution >= 0.6 is 23.2 Å². The Morgan fingerprint density at radius 1 is 1.29 bits per heavy atom. The van der Waals surface area contributed by atoms with E-state index in [1.54, 1.807) is 0 Å².